The molecule has 4 heteroatoms. The van der Waals surface area contributed by atoms with Crippen molar-refractivity contribution >= 4 is 16.6 Å². The van der Waals surface area contributed by atoms with Crippen molar-refractivity contribution in [3.63, 3.8) is 0 Å². The zero-order valence-corrected chi connectivity index (χ0v) is 6.78. The molecule has 0 fully saturated rings. The molecular formula is C8H10N4. The second kappa shape index (κ2) is 2.41. The molecule has 0 amide bonds. The summed E-state index contributed by atoms with van der Waals surface area (Å²) < 4.78 is 0. The highest BCUT2D eigenvalue weighted by atomic mass is 15.5. The van der Waals surface area contributed by atoms with E-state index in [1.54, 1.807) is 18.0 Å². The first kappa shape index (κ1) is 6.97. The van der Waals surface area contributed by atoms with E-state index >= 15 is 0 Å². The molecule has 4 nitrogen and oxygen atoms in total. The van der Waals surface area contributed by atoms with Crippen LogP contribution in [0.2, 0.25) is 0 Å². The standard InChI is InChI=1S/C8H10N4/c1-10-12-8-6(5-11-12)3-2-4-7(8)9/h2-5,10H,9H2,1H3. The van der Waals surface area contributed by atoms with Gasteiger partial charge in [-0.1, -0.05) is 12.1 Å². The number of anilines is 1. The summed E-state index contributed by atoms with van der Waals surface area (Å²) in [6, 6.07) is 5.75. The van der Waals surface area contributed by atoms with Crippen LogP contribution in [0, 0.1) is 0 Å². The van der Waals surface area contributed by atoms with Crippen LogP contribution in [0.4, 0.5) is 5.69 Å². The summed E-state index contributed by atoms with van der Waals surface area (Å²) in [5, 5.41) is 5.15. The molecule has 0 bridgehead atoms. The predicted octanol–water partition coefficient (Wildman–Crippen LogP) is 0.792. The number of benzene rings is 1. The molecule has 12 heavy (non-hydrogen) atoms. The van der Waals surface area contributed by atoms with Gasteiger partial charge in [-0.3, -0.25) is 0 Å². The predicted molar refractivity (Wildman–Crippen MR) is 49.4 cm³/mol. The summed E-state index contributed by atoms with van der Waals surface area (Å²) >= 11 is 0. The van der Waals surface area contributed by atoms with Gasteiger partial charge in [-0.2, -0.15) is 9.89 Å². The number of nitrogens with one attached hydrogen (secondary N) is 1. The lowest BCUT2D eigenvalue weighted by molar-refractivity contribution is 0.811. The van der Waals surface area contributed by atoms with Crippen molar-refractivity contribution in [1.82, 2.24) is 9.89 Å². The summed E-state index contributed by atoms with van der Waals surface area (Å²) in [4.78, 5) is 1.66. The highest BCUT2D eigenvalue weighted by Crippen LogP contribution is 2.18. The number of nitrogens with zero attached hydrogens (tertiary/aromatic N) is 2. The second-order valence-electron chi connectivity index (χ2n) is 2.57. The van der Waals surface area contributed by atoms with Gasteiger partial charge in [0.25, 0.3) is 0 Å². The molecule has 1 heterocycles. The van der Waals surface area contributed by atoms with Crippen LogP contribution < -0.4 is 11.2 Å². The minimum absolute atomic E-state index is 0.736. The zero-order valence-electron chi connectivity index (χ0n) is 6.78. The molecule has 0 unspecified atom stereocenters. The molecule has 2 rings (SSSR count). The molecule has 0 saturated heterocycles. The summed E-state index contributed by atoms with van der Waals surface area (Å²) in [5.41, 5.74) is 10.4. The van der Waals surface area contributed by atoms with Gasteiger partial charge in [0.1, 0.15) is 5.52 Å². The minimum Gasteiger partial charge on any atom is -0.397 e. The maximum atomic E-state index is 5.78. The number of rotatable bonds is 1. The van der Waals surface area contributed by atoms with E-state index in [2.05, 4.69) is 10.5 Å². The van der Waals surface area contributed by atoms with Crippen molar-refractivity contribution in [2.75, 3.05) is 18.2 Å². The number of nitrogens with two attached hydrogens (primary N) is 1. The fourth-order valence-corrected chi connectivity index (χ4v) is 1.28. The number of para-hydroxylation sites is 1. The normalized spacial score (nSPS) is 10.4. The monoisotopic (exact) mass is 162 g/mol. The Labute approximate surface area is 69.9 Å². The van der Waals surface area contributed by atoms with Crippen molar-refractivity contribution in [1.29, 1.82) is 0 Å². The molecule has 0 aliphatic heterocycles. The zero-order chi connectivity index (χ0) is 8.55. The molecule has 2 aromatic rings. The van der Waals surface area contributed by atoms with Crippen LogP contribution in [0.15, 0.2) is 24.4 Å². The molecule has 0 atom stereocenters. The van der Waals surface area contributed by atoms with Crippen molar-refractivity contribution < 1.29 is 0 Å². The fraction of sp³-hybridized carbons (Fsp3) is 0.125. The molecule has 1 aromatic heterocycles. The summed E-state index contributed by atoms with van der Waals surface area (Å²) in [7, 11) is 1.80. The summed E-state index contributed by atoms with van der Waals surface area (Å²) in [5.74, 6) is 0. The number of aromatic nitrogens is 2. The number of nitrogen functional groups attached to an aromatic ring is 1. The number of hydrogen-bond acceptors (Lipinski definition) is 3. The van der Waals surface area contributed by atoms with Crippen LogP contribution in [-0.2, 0) is 0 Å². The lowest BCUT2D eigenvalue weighted by atomic mass is 10.2. The molecular weight excluding hydrogens is 152 g/mol. The summed E-state index contributed by atoms with van der Waals surface area (Å²) in [6.45, 7) is 0. The van der Waals surface area contributed by atoms with Gasteiger partial charge in [-0.05, 0) is 6.07 Å². The average Bonchev–Trinajstić information content (AvgIpc) is 2.49. The Morgan fingerprint density at radius 1 is 1.50 bits per heavy atom. The smallest absolute Gasteiger partial charge is 0.115 e. The third-order valence-corrected chi connectivity index (χ3v) is 1.83. The van der Waals surface area contributed by atoms with E-state index in [1.807, 2.05) is 18.2 Å². The third kappa shape index (κ3) is 0.812. The van der Waals surface area contributed by atoms with E-state index in [-0.39, 0.29) is 0 Å². The van der Waals surface area contributed by atoms with E-state index in [4.69, 9.17) is 5.73 Å². The number of hydrogen-bond donors (Lipinski definition) is 2. The first-order chi connectivity index (χ1) is 5.83. The van der Waals surface area contributed by atoms with Gasteiger partial charge in [0.15, 0.2) is 0 Å². The Bertz CT molecular complexity index is 404. The Balaban J connectivity index is 2.83. The van der Waals surface area contributed by atoms with E-state index in [1.165, 1.54) is 0 Å². The Kier molecular flexibility index (Phi) is 1.40. The second-order valence-corrected chi connectivity index (χ2v) is 2.57. The molecule has 3 N–H and O–H groups in total. The van der Waals surface area contributed by atoms with Crippen LogP contribution in [0.1, 0.15) is 0 Å². The lowest BCUT2D eigenvalue weighted by Gasteiger charge is -2.02. The lowest BCUT2D eigenvalue weighted by Crippen LogP contribution is -2.10. The Morgan fingerprint density at radius 3 is 3.08 bits per heavy atom. The van der Waals surface area contributed by atoms with Gasteiger partial charge >= 0.3 is 0 Å². The average molecular weight is 162 g/mol. The van der Waals surface area contributed by atoms with Crippen LogP contribution in [-0.4, -0.2) is 16.9 Å². The molecule has 0 spiro atoms. The van der Waals surface area contributed by atoms with Gasteiger partial charge in [-0.25, -0.2) is 0 Å². The fourth-order valence-electron chi connectivity index (χ4n) is 1.28. The summed E-state index contributed by atoms with van der Waals surface area (Å²) in [6.07, 6.45) is 1.78. The molecule has 0 aliphatic carbocycles. The van der Waals surface area contributed by atoms with Crippen LogP contribution in [0.25, 0.3) is 10.9 Å². The minimum atomic E-state index is 0.736. The largest absolute Gasteiger partial charge is 0.397 e. The highest BCUT2D eigenvalue weighted by Gasteiger charge is 2.02. The first-order valence-electron chi connectivity index (χ1n) is 3.73. The van der Waals surface area contributed by atoms with E-state index in [9.17, 15) is 0 Å². The highest BCUT2D eigenvalue weighted by molar-refractivity contribution is 5.89. The van der Waals surface area contributed by atoms with Crippen molar-refractivity contribution in [3.05, 3.63) is 24.4 Å². The van der Waals surface area contributed by atoms with Crippen LogP contribution in [0.5, 0.6) is 0 Å². The Morgan fingerprint density at radius 2 is 2.33 bits per heavy atom. The van der Waals surface area contributed by atoms with E-state index in [0.717, 1.165) is 16.6 Å². The van der Waals surface area contributed by atoms with Gasteiger partial charge in [-0.15, -0.1) is 0 Å². The number of fused-ring (bicyclic) bond motifs is 1. The van der Waals surface area contributed by atoms with Gasteiger partial charge in [0.2, 0.25) is 0 Å². The third-order valence-electron chi connectivity index (χ3n) is 1.83. The maximum Gasteiger partial charge on any atom is 0.115 e. The van der Waals surface area contributed by atoms with Crippen LogP contribution >= 0.6 is 0 Å². The molecule has 62 valence electrons. The quantitative estimate of drug-likeness (QED) is 0.609. The molecule has 0 radical (unpaired) electrons. The van der Waals surface area contributed by atoms with Crippen molar-refractivity contribution in [2.45, 2.75) is 0 Å². The van der Waals surface area contributed by atoms with Gasteiger partial charge in [0, 0.05) is 12.4 Å². The van der Waals surface area contributed by atoms with Gasteiger partial charge < -0.3 is 11.2 Å². The molecule has 0 aliphatic rings. The Hall–Kier alpha value is -1.71. The van der Waals surface area contributed by atoms with Crippen LogP contribution in [0.3, 0.4) is 0 Å². The van der Waals surface area contributed by atoms with Gasteiger partial charge in [0.05, 0.1) is 11.9 Å². The van der Waals surface area contributed by atoms with E-state index < -0.39 is 0 Å². The topological polar surface area (TPSA) is 55.9 Å². The SMILES string of the molecule is CNn1ncc2cccc(N)c21. The molecule has 0 saturated carbocycles. The maximum absolute atomic E-state index is 5.78. The van der Waals surface area contributed by atoms with E-state index in [0.29, 0.717) is 0 Å². The first-order valence-corrected chi connectivity index (χ1v) is 3.73. The van der Waals surface area contributed by atoms with Crippen molar-refractivity contribution in [2.24, 2.45) is 0 Å². The molecule has 1 aromatic carbocycles. The van der Waals surface area contributed by atoms with Crippen molar-refractivity contribution in [3.8, 4) is 0 Å².